The number of rotatable bonds is 10. The molecule has 0 unspecified atom stereocenters. The molecule has 0 amide bonds. The molecule has 2 saturated heterocycles. The van der Waals surface area contributed by atoms with Crippen LogP contribution in [0.1, 0.15) is 40.0 Å². The zero-order chi connectivity index (χ0) is 24.1. The first-order valence-electron chi connectivity index (χ1n) is 11.3. The van der Waals surface area contributed by atoms with Gasteiger partial charge in [0.2, 0.25) is 0 Å². The van der Waals surface area contributed by atoms with Gasteiger partial charge in [-0.25, -0.2) is 9.59 Å². The lowest BCUT2D eigenvalue weighted by molar-refractivity contribution is -0.166. The fourth-order valence-electron chi connectivity index (χ4n) is 4.79. The number of carboxylic acid groups (broad SMARTS) is 1. The molecule has 0 aromatic rings. The molecule has 6 atom stereocenters. The van der Waals surface area contributed by atoms with Crippen LogP contribution in [-0.2, 0) is 28.5 Å². The number of carboxylic acids is 1. The second-order valence-electron chi connectivity index (χ2n) is 9.18. The molecule has 1 N–H and O–H groups in total. The van der Waals surface area contributed by atoms with Gasteiger partial charge >= 0.3 is 11.9 Å². The van der Waals surface area contributed by atoms with Gasteiger partial charge in [-0.3, -0.25) is 0 Å². The number of carbonyl (C=O) groups is 2. The van der Waals surface area contributed by atoms with Crippen LogP contribution in [0.2, 0.25) is 0 Å². The van der Waals surface area contributed by atoms with Crippen molar-refractivity contribution in [2.24, 2.45) is 5.92 Å². The lowest BCUT2D eigenvalue weighted by Crippen LogP contribution is -2.55. The highest BCUT2D eigenvalue weighted by molar-refractivity contribution is 5.82. The van der Waals surface area contributed by atoms with Crippen LogP contribution in [0.15, 0.2) is 60.3 Å². The van der Waals surface area contributed by atoms with Crippen LogP contribution < -0.4 is 0 Å². The summed E-state index contributed by atoms with van der Waals surface area (Å²) >= 11 is 0. The Morgan fingerprint density at radius 3 is 2.30 bits per heavy atom. The van der Waals surface area contributed by atoms with Gasteiger partial charge in [-0.05, 0) is 40.0 Å². The van der Waals surface area contributed by atoms with Crippen LogP contribution in [-0.4, -0.2) is 60.3 Å². The maximum Gasteiger partial charge on any atom is 0.331 e. The molecule has 0 radical (unpaired) electrons. The van der Waals surface area contributed by atoms with E-state index in [1.54, 1.807) is 37.5 Å². The molecule has 1 saturated carbocycles. The number of hydrogen-bond donors (Lipinski definition) is 1. The number of epoxide rings is 2. The van der Waals surface area contributed by atoms with Crippen LogP contribution in [0.3, 0.4) is 0 Å². The lowest BCUT2D eigenvalue weighted by Gasteiger charge is -2.42. The summed E-state index contributed by atoms with van der Waals surface area (Å²) in [7, 11) is 1.65. The van der Waals surface area contributed by atoms with Gasteiger partial charge in [0.25, 0.3) is 0 Å². The molecular formula is C26H34O7. The number of allylic oxidation sites excluding steroid dienone is 7. The summed E-state index contributed by atoms with van der Waals surface area (Å²) < 4.78 is 23.8. The Morgan fingerprint density at radius 2 is 1.73 bits per heavy atom. The van der Waals surface area contributed by atoms with Crippen molar-refractivity contribution in [1.82, 2.24) is 0 Å². The molecule has 1 aliphatic carbocycles. The van der Waals surface area contributed by atoms with Crippen molar-refractivity contribution in [2.45, 2.75) is 69.5 Å². The Labute approximate surface area is 195 Å². The Balaban J connectivity index is 1.59. The van der Waals surface area contributed by atoms with Gasteiger partial charge in [-0.2, -0.15) is 0 Å². The number of methoxy groups -OCH3 is 1. The third-order valence-corrected chi connectivity index (χ3v) is 6.53. The summed E-state index contributed by atoms with van der Waals surface area (Å²) in [6.07, 6.45) is 16.0. The van der Waals surface area contributed by atoms with Crippen molar-refractivity contribution in [1.29, 1.82) is 0 Å². The van der Waals surface area contributed by atoms with E-state index in [1.807, 2.05) is 0 Å². The van der Waals surface area contributed by atoms with Crippen LogP contribution in [0, 0.1) is 5.92 Å². The molecule has 3 fully saturated rings. The summed E-state index contributed by atoms with van der Waals surface area (Å²) in [5.41, 5.74) is 0.642. The summed E-state index contributed by atoms with van der Waals surface area (Å²) in [6, 6.07) is 0. The fourth-order valence-corrected chi connectivity index (χ4v) is 4.79. The Kier molecular flexibility index (Phi) is 8.10. The zero-order valence-electron chi connectivity index (χ0n) is 19.7. The van der Waals surface area contributed by atoms with E-state index >= 15 is 0 Å². The maximum absolute atomic E-state index is 12.4. The molecule has 1 spiro atoms. The van der Waals surface area contributed by atoms with Crippen molar-refractivity contribution < 1.29 is 33.6 Å². The summed E-state index contributed by atoms with van der Waals surface area (Å²) in [5, 5.41) is 8.51. The monoisotopic (exact) mass is 458 g/mol. The highest BCUT2D eigenvalue weighted by Gasteiger charge is 2.72. The van der Waals surface area contributed by atoms with Crippen LogP contribution in [0.25, 0.3) is 0 Å². The molecule has 2 aliphatic heterocycles. The lowest BCUT2D eigenvalue weighted by atomic mass is 9.68. The van der Waals surface area contributed by atoms with E-state index in [4.69, 9.17) is 24.1 Å². The second kappa shape index (κ2) is 10.6. The van der Waals surface area contributed by atoms with E-state index < -0.39 is 11.9 Å². The molecule has 3 aliphatic rings. The minimum atomic E-state index is -1.00. The highest BCUT2D eigenvalue weighted by atomic mass is 16.6. The largest absolute Gasteiger partial charge is 0.478 e. The molecule has 7 nitrogen and oxygen atoms in total. The van der Waals surface area contributed by atoms with Crippen molar-refractivity contribution in [3.8, 4) is 0 Å². The zero-order valence-corrected chi connectivity index (χ0v) is 19.7. The predicted molar refractivity (Wildman–Crippen MR) is 124 cm³/mol. The van der Waals surface area contributed by atoms with E-state index in [0.29, 0.717) is 13.0 Å². The number of ether oxygens (including phenoxy) is 4. The van der Waals surface area contributed by atoms with Crippen molar-refractivity contribution in [3.05, 3.63) is 60.3 Å². The topological polar surface area (TPSA) is 97.9 Å². The van der Waals surface area contributed by atoms with Crippen molar-refractivity contribution in [2.75, 3.05) is 13.7 Å². The third-order valence-electron chi connectivity index (χ3n) is 6.53. The van der Waals surface area contributed by atoms with Crippen molar-refractivity contribution in [3.63, 3.8) is 0 Å². The van der Waals surface area contributed by atoms with Gasteiger partial charge in [0.15, 0.2) is 0 Å². The number of hydrogen-bond acceptors (Lipinski definition) is 6. The first kappa shape index (κ1) is 25.1. The summed E-state index contributed by atoms with van der Waals surface area (Å²) in [5.74, 6) is -1.45. The number of carbonyl (C=O) groups excluding carboxylic acids is 1. The highest BCUT2D eigenvalue weighted by Crippen LogP contribution is 2.59. The maximum atomic E-state index is 12.4. The minimum Gasteiger partial charge on any atom is -0.478 e. The van der Waals surface area contributed by atoms with Gasteiger partial charge in [0.05, 0.1) is 18.6 Å². The average Bonchev–Trinajstić information content (AvgIpc) is 3.67. The van der Waals surface area contributed by atoms with Gasteiger partial charge < -0.3 is 24.1 Å². The van der Waals surface area contributed by atoms with Gasteiger partial charge in [0.1, 0.15) is 23.4 Å². The predicted octanol–water partition coefficient (Wildman–Crippen LogP) is 3.92. The first-order chi connectivity index (χ1) is 15.7. The Morgan fingerprint density at radius 1 is 1.09 bits per heavy atom. The summed E-state index contributed by atoms with van der Waals surface area (Å²) in [4.78, 5) is 22.8. The van der Waals surface area contributed by atoms with Crippen LogP contribution in [0.4, 0.5) is 0 Å². The molecule has 180 valence electrons. The molecule has 33 heavy (non-hydrogen) atoms. The molecule has 0 aromatic heterocycles. The molecule has 0 aromatic carbocycles. The normalized spacial score (nSPS) is 35.6. The van der Waals surface area contributed by atoms with Crippen molar-refractivity contribution >= 4 is 11.9 Å². The molecule has 3 rings (SSSR count). The SMILES string of the molecule is CO[C@H]1[C@@H]([C@@]2(C)O[C@@H]2CC=C(C)C)[C@@]2(CC[C@H]1OC(=O)\C=C/C=C/C=C\C=C/C(=O)O)CO2. The van der Waals surface area contributed by atoms with Crippen LogP contribution >= 0.6 is 0 Å². The molecular weight excluding hydrogens is 424 g/mol. The second-order valence-corrected chi connectivity index (χ2v) is 9.18. The average molecular weight is 459 g/mol. The molecule has 7 heteroatoms. The minimum absolute atomic E-state index is 0.00928. The van der Waals surface area contributed by atoms with Gasteiger partial charge in [0, 0.05) is 19.3 Å². The first-order valence-corrected chi connectivity index (χ1v) is 11.3. The standard InChI is InChI=1S/C26H34O7/c1-18(2)13-14-20-25(3,33-20)24-23(30-4)19(15-16-26(24)17-31-26)32-22(29)12-10-8-6-5-7-9-11-21(27)28/h5-13,19-20,23-24H,14-17H2,1-4H3,(H,27,28)/b7-5-,8-6+,11-9-,12-10-/t19-,20-,23-,24+,25+,26-/m1/s1. The molecule has 0 bridgehead atoms. The van der Waals surface area contributed by atoms with E-state index in [-0.39, 0.29) is 35.4 Å². The quantitative estimate of drug-likeness (QED) is 0.174. The van der Waals surface area contributed by atoms with Crippen LogP contribution in [0.5, 0.6) is 0 Å². The van der Waals surface area contributed by atoms with E-state index in [0.717, 1.165) is 18.9 Å². The summed E-state index contributed by atoms with van der Waals surface area (Å²) in [6.45, 7) is 6.96. The number of aliphatic carboxylic acids is 1. The fraction of sp³-hybridized carbons (Fsp3) is 0.538. The van der Waals surface area contributed by atoms with Gasteiger partial charge in [-0.15, -0.1) is 0 Å². The van der Waals surface area contributed by atoms with E-state index in [2.05, 4.69) is 26.8 Å². The third kappa shape index (κ3) is 6.31. The van der Waals surface area contributed by atoms with E-state index in [1.165, 1.54) is 17.7 Å². The Bertz CT molecular complexity index is 873. The van der Waals surface area contributed by atoms with E-state index in [9.17, 15) is 9.59 Å². The molecule has 2 heterocycles. The Hall–Kier alpha value is -2.48. The number of esters is 1. The van der Waals surface area contributed by atoms with Gasteiger partial charge in [-0.1, -0.05) is 48.1 Å². The smallest absolute Gasteiger partial charge is 0.331 e.